The average molecular weight is 313 g/mol. The summed E-state index contributed by atoms with van der Waals surface area (Å²) < 4.78 is 19.1. The Bertz CT molecular complexity index is 656. The molecule has 0 unspecified atom stereocenters. The van der Waals surface area contributed by atoms with Gasteiger partial charge in [0.05, 0.1) is 12.2 Å². The smallest absolute Gasteiger partial charge is 0.338 e. The first kappa shape index (κ1) is 14.8. The summed E-state index contributed by atoms with van der Waals surface area (Å²) in [4.78, 5) is 11.9. The number of ether oxygens (including phenoxy) is 1. The van der Waals surface area contributed by atoms with E-state index in [-0.39, 0.29) is 17.7 Å². The second-order valence-corrected chi connectivity index (χ2v) is 4.85. The SMILES string of the molecule is CCOC(=O)c1cccc(F)c1-c1cc(Cl)ccc1Cl. The van der Waals surface area contributed by atoms with Crippen molar-refractivity contribution in [2.45, 2.75) is 6.92 Å². The molecule has 0 aliphatic rings. The number of rotatable bonds is 3. The lowest BCUT2D eigenvalue weighted by Gasteiger charge is -2.12. The predicted octanol–water partition coefficient (Wildman–Crippen LogP) is 4.98. The Balaban J connectivity index is 2.66. The highest BCUT2D eigenvalue weighted by molar-refractivity contribution is 6.35. The lowest BCUT2D eigenvalue weighted by atomic mass is 9.99. The maximum absolute atomic E-state index is 14.1. The van der Waals surface area contributed by atoms with Crippen LogP contribution in [0.4, 0.5) is 4.39 Å². The molecular weight excluding hydrogens is 302 g/mol. The van der Waals surface area contributed by atoms with Gasteiger partial charge in [-0.25, -0.2) is 9.18 Å². The van der Waals surface area contributed by atoms with Crippen LogP contribution in [-0.4, -0.2) is 12.6 Å². The van der Waals surface area contributed by atoms with Crippen molar-refractivity contribution in [3.05, 3.63) is 57.8 Å². The highest BCUT2D eigenvalue weighted by atomic mass is 35.5. The number of hydrogen-bond acceptors (Lipinski definition) is 2. The Morgan fingerprint density at radius 3 is 2.70 bits per heavy atom. The van der Waals surface area contributed by atoms with E-state index in [2.05, 4.69) is 0 Å². The first-order valence-electron chi connectivity index (χ1n) is 5.95. The molecule has 5 heteroatoms. The van der Waals surface area contributed by atoms with E-state index in [4.69, 9.17) is 27.9 Å². The molecule has 0 saturated heterocycles. The molecule has 2 aromatic rings. The zero-order chi connectivity index (χ0) is 14.7. The number of halogens is 3. The molecule has 0 aromatic heterocycles. The van der Waals surface area contributed by atoms with E-state index in [0.717, 1.165) is 0 Å². The number of carbonyl (C=O) groups excluding carboxylic acids is 1. The van der Waals surface area contributed by atoms with Gasteiger partial charge >= 0.3 is 5.97 Å². The minimum absolute atomic E-state index is 0.0958. The number of esters is 1. The summed E-state index contributed by atoms with van der Waals surface area (Å²) in [5.41, 5.74) is 0.579. The molecule has 2 rings (SSSR count). The summed E-state index contributed by atoms with van der Waals surface area (Å²) in [6.45, 7) is 1.89. The van der Waals surface area contributed by atoms with Crippen LogP contribution in [0.3, 0.4) is 0 Å². The Hall–Kier alpha value is -1.58. The van der Waals surface area contributed by atoms with Gasteiger partial charge in [-0.3, -0.25) is 0 Å². The quantitative estimate of drug-likeness (QED) is 0.747. The van der Waals surface area contributed by atoms with Gasteiger partial charge in [-0.1, -0.05) is 29.3 Å². The van der Waals surface area contributed by atoms with Crippen molar-refractivity contribution in [3.63, 3.8) is 0 Å². The van der Waals surface area contributed by atoms with Gasteiger partial charge in [-0.2, -0.15) is 0 Å². The molecule has 0 amide bonds. The molecule has 0 N–H and O–H groups in total. The van der Waals surface area contributed by atoms with E-state index in [0.29, 0.717) is 15.6 Å². The number of hydrogen-bond donors (Lipinski definition) is 0. The maximum atomic E-state index is 14.1. The zero-order valence-electron chi connectivity index (χ0n) is 10.6. The van der Waals surface area contributed by atoms with Crippen LogP contribution in [0.2, 0.25) is 10.0 Å². The van der Waals surface area contributed by atoms with E-state index < -0.39 is 11.8 Å². The van der Waals surface area contributed by atoms with Crippen molar-refractivity contribution in [3.8, 4) is 11.1 Å². The fourth-order valence-electron chi connectivity index (χ4n) is 1.87. The molecule has 2 aromatic carbocycles. The van der Waals surface area contributed by atoms with Gasteiger partial charge in [-0.15, -0.1) is 0 Å². The van der Waals surface area contributed by atoms with Crippen molar-refractivity contribution in [1.29, 1.82) is 0 Å². The van der Waals surface area contributed by atoms with E-state index in [9.17, 15) is 9.18 Å². The summed E-state index contributed by atoms with van der Waals surface area (Å²) in [7, 11) is 0. The third kappa shape index (κ3) is 2.94. The van der Waals surface area contributed by atoms with Crippen LogP contribution >= 0.6 is 23.2 Å². The summed E-state index contributed by atoms with van der Waals surface area (Å²) in [6.07, 6.45) is 0. The van der Waals surface area contributed by atoms with Gasteiger partial charge in [0.2, 0.25) is 0 Å². The maximum Gasteiger partial charge on any atom is 0.338 e. The van der Waals surface area contributed by atoms with Crippen LogP contribution in [0, 0.1) is 5.82 Å². The molecule has 0 radical (unpaired) electrons. The molecule has 0 aliphatic heterocycles. The Kier molecular flexibility index (Phi) is 4.63. The van der Waals surface area contributed by atoms with Gasteiger partial charge in [-0.05, 0) is 37.3 Å². The van der Waals surface area contributed by atoms with Gasteiger partial charge in [0.15, 0.2) is 0 Å². The fraction of sp³-hybridized carbons (Fsp3) is 0.133. The minimum atomic E-state index is -0.599. The normalized spacial score (nSPS) is 10.4. The topological polar surface area (TPSA) is 26.3 Å². The largest absolute Gasteiger partial charge is 0.462 e. The molecule has 0 heterocycles. The highest BCUT2D eigenvalue weighted by Crippen LogP contribution is 2.35. The van der Waals surface area contributed by atoms with Crippen molar-refractivity contribution < 1.29 is 13.9 Å². The first-order chi connectivity index (χ1) is 9.54. The van der Waals surface area contributed by atoms with Crippen molar-refractivity contribution in [2.75, 3.05) is 6.61 Å². The average Bonchev–Trinajstić information content (AvgIpc) is 2.42. The summed E-state index contributed by atoms with van der Waals surface area (Å²) in [5, 5.41) is 0.715. The van der Waals surface area contributed by atoms with Crippen LogP contribution in [0.15, 0.2) is 36.4 Å². The third-order valence-corrected chi connectivity index (χ3v) is 3.27. The van der Waals surface area contributed by atoms with Crippen LogP contribution in [0.5, 0.6) is 0 Å². The van der Waals surface area contributed by atoms with Crippen molar-refractivity contribution in [2.24, 2.45) is 0 Å². The molecule has 104 valence electrons. The van der Waals surface area contributed by atoms with E-state index in [1.807, 2.05) is 0 Å². The molecular formula is C15H11Cl2FO2. The standard InChI is InChI=1S/C15H11Cl2FO2/c1-2-20-15(19)10-4-3-5-13(18)14(10)11-8-9(16)6-7-12(11)17/h3-8H,2H2,1H3. The molecule has 20 heavy (non-hydrogen) atoms. The predicted molar refractivity (Wildman–Crippen MR) is 77.8 cm³/mol. The van der Waals surface area contributed by atoms with Crippen LogP contribution in [-0.2, 0) is 4.74 Å². The van der Waals surface area contributed by atoms with Crippen LogP contribution in [0.25, 0.3) is 11.1 Å². The van der Waals surface area contributed by atoms with Gasteiger partial charge in [0.1, 0.15) is 5.82 Å². The summed E-state index contributed by atoms with van der Waals surface area (Å²) in [5.74, 6) is -1.15. The number of benzene rings is 2. The van der Waals surface area contributed by atoms with Gasteiger partial charge in [0.25, 0.3) is 0 Å². The number of carbonyl (C=O) groups is 1. The van der Waals surface area contributed by atoms with E-state index in [1.54, 1.807) is 19.1 Å². The molecule has 0 bridgehead atoms. The Morgan fingerprint density at radius 2 is 2.00 bits per heavy atom. The van der Waals surface area contributed by atoms with Crippen molar-refractivity contribution >= 4 is 29.2 Å². The first-order valence-corrected chi connectivity index (χ1v) is 6.71. The molecule has 0 atom stereocenters. The molecule has 0 spiro atoms. The second-order valence-electron chi connectivity index (χ2n) is 4.01. The molecule has 0 aliphatic carbocycles. The van der Waals surface area contributed by atoms with E-state index in [1.165, 1.54) is 24.3 Å². The zero-order valence-corrected chi connectivity index (χ0v) is 12.1. The summed E-state index contributed by atoms with van der Waals surface area (Å²) in [6, 6.07) is 8.87. The van der Waals surface area contributed by atoms with Gasteiger partial charge in [0, 0.05) is 21.2 Å². The minimum Gasteiger partial charge on any atom is -0.462 e. The Morgan fingerprint density at radius 1 is 1.25 bits per heavy atom. The highest BCUT2D eigenvalue weighted by Gasteiger charge is 2.19. The second kappa shape index (κ2) is 6.25. The lowest BCUT2D eigenvalue weighted by molar-refractivity contribution is 0.0527. The third-order valence-electron chi connectivity index (χ3n) is 2.71. The molecule has 0 fully saturated rings. The van der Waals surface area contributed by atoms with Crippen LogP contribution in [0.1, 0.15) is 17.3 Å². The summed E-state index contributed by atoms with van der Waals surface area (Å²) >= 11 is 12.0. The van der Waals surface area contributed by atoms with Crippen molar-refractivity contribution in [1.82, 2.24) is 0 Å². The molecule has 2 nitrogen and oxygen atoms in total. The monoisotopic (exact) mass is 312 g/mol. The molecule has 0 saturated carbocycles. The fourth-order valence-corrected chi connectivity index (χ4v) is 2.25. The van der Waals surface area contributed by atoms with Gasteiger partial charge < -0.3 is 4.74 Å². The lowest BCUT2D eigenvalue weighted by Crippen LogP contribution is -2.07. The van der Waals surface area contributed by atoms with E-state index >= 15 is 0 Å². The van der Waals surface area contributed by atoms with Crippen LogP contribution < -0.4 is 0 Å². The Labute approximate surface area is 126 Å².